The van der Waals surface area contributed by atoms with Crippen LogP contribution in [0.5, 0.6) is 0 Å². The van der Waals surface area contributed by atoms with Gasteiger partial charge in [-0.3, -0.25) is 4.68 Å². The Kier molecular flexibility index (Phi) is 4.44. The molecule has 1 aliphatic carbocycles. The number of hydrogen-bond donors (Lipinski definition) is 1. The van der Waals surface area contributed by atoms with E-state index in [9.17, 15) is 0 Å². The van der Waals surface area contributed by atoms with Crippen LogP contribution in [0.3, 0.4) is 0 Å². The summed E-state index contributed by atoms with van der Waals surface area (Å²) in [5, 5.41) is 8.28. The molecule has 1 atom stereocenters. The lowest BCUT2D eigenvalue weighted by molar-refractivity contribution is 0.431. The van der Waals surface area contributed by atoms with Crippen molar-refractivity contribution in [2.24, 2.45) is 5.92 Å². The van der Waals surface area contributed by atoms with E-state index in [4.69, 9.17) is 5.10 Å². The van der Waals surface area contributed by atoms with Gasteiger partial charge in [0.15, 0.2) is 0 Å². The Labute approximate surface area is 111 Å². The highest BCUT2D eigenvalue weighted by Crippen LogP contribution is 2.19. The number of aromatic nitrogens is 2. The van der Waals surface area contributed by atoms with Crippen LogP contribution in [-0.4, -0.2) is 22.4 Å². The topological polar surface area (TPSA) is 29.9 Å². The van der Waals surface area contributed by atoms with Crippen LogP contribution in [0.15, 0.2) is 0 Å². The normalized spacial score (nSPS) is 17.1. The Bertz CT molecular complexity index is 391. The van der Waals surface area contributed by atoms with Gasteiger partial charge in [0.2, 0.25) is 0 Å². The molecule has 1 heterocycles. The number of aryl methyl sites for hydroxylation is 1. The van der Waals surface area contributed by atoms with Gasteiger partial charge in [-0.25, -0.2) is 0 Å². The van der Waals surface area contributed by atoms with Crippen molar-refractivity contribution in [1.82, 2.24) is 15.1 Å². The predicted molar refractivity (Wildman–Crippen MR) is 75.9 cm³/mol. The van der Waals surface area contributed by atoms with Gasteiger partial charge in [0.05, 0.1) is 5.69 Å². The molecule has 1 unspecified atom stereocenters. The van der Waals surface area contributed by atoms with Crippen LogP contribution in [0.4, 0.5) is 0 Å². The molecule has 0 spiro atoms. The van der Waals surface area contributed by atoms with Gasteiger partial charge in [-0.05, 0) is 51.1 Å². The fraction of sp³-hybridized carbons (Fsp3) is 0.800. The molecule has 2 rings (SSSR count). The van der Waals surface area contributed by atoms with Crippen molar-refractivity contribution in [3.63, 3.8) is 0 Å². The van der Waals surface area contributed by atoms with Gasteiger partial charge in [0.1, 0.15) is 0 Å². The third-order valence-electron chi connectivity index (χ3n) is 4.10. The second-order valence-electron chi connectivity index (χ2n) is 5.82. The van der Waals surface area contributed by atoms with E-state index >= 15 is 0 Å². The second kappa shape index (κ2) is 5.87. The first-order valence-electron chi connectivity index (χ1n) is 7.38. The van der Waals surface area contributed by atoms with Crippen LogP contribution in [0.1, 0.15) is 50.1 Å². The molecule has 0 aromatic carbocycles. The predicted octanol–water partition coefficient (Wildman–Crippen LogP) is 2.84. The molecule has 3 heteroatoms. The maximum absolute atomic E-state index is 4.70. The van der Waals surface area contributed by atoms with Crippen molar-refractivity contribution >= 4 is 0 Å². The molecule has 3 nitrogen and oxygen atoms in total. The van der Waals surface area contributed by atoms with E-state index in [1.165, 1.54) is 36.2 Å². The number of nitrogens with one attached hydrogen (secondary N) is 1. The average molecular weight is 249 g/mol. The van der Waals surface area contributed by atoms with Crippen molar-refractivity contribution in [3.05, 3.63) is 17.0 Å². The molecular weight excluding hydrogens is 222 g/mol. The summed E-state index contributed by atoms with van der Waals surface area (Å²) in [6, 6.07) is 0.806. The summed E-state index contributed by atoms with van der Waals surface area (Å²) in [7, 11) is 0. The highest BCUT2D eigenvalue weighted by atomic mass is 15.3. The third-order valence-corrected chi connectivity index (χ3v) is 4.10. The van der Waals surface area contributed by atoms with Crippen LogP contribution in [-0.2, 0) is 13.0 Å². The van der Waals surface area contributed by atoms with Gasteiger partial charge in [-0.2, -0.15) is 5.10 Å². The Hall–Kier alpha value is -0.830. The molecule has 1 aromatic heterocycles. The van der Waals surface area contributed by atoms with Crippen LogP contribution < -0.4 is 5.32 Å². The zero-order valence-corrected chi connectivity index (χ0v) is 12.3. The molecule has 1 N–H and O–H groups in total. The summed E-state index contributed by atoms with van der Waals surface area (Å²) in [5.74, 6) is 0.709. The number of rotatable bonds is 7. The van der Waals surface area contributed by atoms with Gasteiger partial charge >= 0.3 is 0 Å². The minimum atomic E-state index is 0.709. The Morgan fingerprint density at radius 2 is 2.11 bits per heavy atom. The Balaban J connectivity index is 1.95. The summed E-state index contributed by atoms with van der Waals surface area (Å²) in [6.45, 7) is 11.1. The molecule has 0 amide bonds. The maximum atomic E-state index is 4.70. The van der Waals surface area contributed by atoms with E-state index in [0.717, 1.165) is 25.6 Å². The number of nitrogens with zero attached hydrogens (tertiary/aromatic N) is 2. The first kappa shape index (κ1) is 13.6. The Morgan fingerprint density at radius 1 is 1.39 bits per heavy atom. The lowest BCUT2D eigenvalue weighted by Gasteiger charge is -2.10. The van der Waals surface area contributed by atoms with E-state index < -0.39 is 0 Å². The molecular formula is C15H27N3. The fourth-order valence-electron chi connectivity index (χ4n) is 2.39. The highest BCUT2D eigenvalue weighted by Gasteiger charge is 2.20. The molecule has 0 radical (unpaired) electrons. The second-order valence-corrected chi connectivity index (χ2v) is 5.82. The van der Waals surface area contributed by atoms with Gasteiger partial charge in [-0.1, -0.05) is 20.3 Å². The first-order chi connectivity index (χ1) is 8.61. The molecule has 1 aliphatic rings. The van der Waals surface area contributed by atoms with Crippen LogP contribution in [0, 0.1) is 19.8 Å². The molecule has 1 aromatic rings. The van der Waals surface area contributed by atoms with E-state index in [0.29, 0.717) is 5.92 Å². The van der Waals surface area contributed by atoms with E-state index in [-0.39, 0.29) is 0 Å². The average Bonchev–Trinajstić information content (AvgIpc) is 3.12. The zero-order valence-electron chi connectivity index (χ0n) is 12.3. The minimum absolute atomic E-state index is 0.709. The van der Waals surface area contributed by atoms with Crippen molar-refractivity contribution in [2.75, 3.05) is 6.54 Å². The van der Waals surface area contributed by atoms with E-state index in [1.54, 1.807) is 0 Å². The molecule has 0 bridgehead atoms. The SMILES string of the molecule is CCC(C)Cn1nc(C)c(CCNC2CC2)c1C. The third kappa shape index (κ3) is 3.35. The number of hydrogen-bond acceptors (Lipinski definition) is 2. The largest absolute Gasteiger partial charge is 0.314 e. The molecule has 1 fully saturated rings. The fourth-order valence-corrected chi connectivity index (χ4v) is 2.39. The quantitative estimate of drug-likeness (QED) is 0.805. The summed E-state index contributed by atoms with van der Waals surface area (Å²) < 4.78 is 2.20. The maximum Gasteiger partial charge on any atom is 0.0628 e. The molecule has 0 saturated heterocycles. The summed E-state index contributed by atoms with van der Waals surface area (Å²) in [4.78, 5) is 0. The minimum Gasteiger partial charge on any atom is -0.314 e. The standard InChI is InChI=1S/C15H27N3/c1-5-11(2)10-18-13(4)15(12(3)17-18)8-9-16-14-6-7-14/h11,14,16H,5-10H2,1-4H3. The van der Waals surface area contributed by atoms with Crippen molar-refractivity contribution in [2.45, 2.75) is 66.0 Å². The van der Waals surface area contributed by atoms with Gasteiger partial charge in [0, 0.05) is 18.3 Å². The molecule has 0 aliphatic heterocycles. The summed E-state index contributed by atoms with van der Waals surface area (Å²) in [6.07, 6.45) is 5.07. The van der Waals surface area contributed by atoms with Crippen LogP contribution >= 0.6 is 0 Å². The lowest BCUT2D eigenvalue weighted by Crippen LogP contribution is -2.19. The van der Waals surface area contributed by atoms with Crippen molar-refractivity contribution in [3.8, 4) is 0 Å². The van der Waals surface area contributed by atoms with Gasteiger partial charge in [-0.15, -0.1) is 0 Å². The van der Waals surface area contributed by atoms with Gasteiger partial charge < -0.3 is 5.32 Å². The van der Waals surface area contributed by atoms with Crippen molar-refractivity contribution < 1.29 is 0 Å². The molecule has 18 heavy (non-hydrogen) atoms. The van der Waals surface area contributed by atoms with Crippen LogP contribution in [0.2, 0.25) is 0 Å². The van der Waals surface area contributed by atoms with Crippen molar-refractivity contribution in [1.29, 1.82) is 0 Å². The highest BCUT2D eigenvalue weighted by molar-refractivity contribution is 5.24. The van der Waals surface area contributed by atoms with Gasteiger partial charge in [0.25, 0.3) is 0 Å². The summed E-state index contributed by atoms with van der Waals surface area (Å²) >= 11 is 0. The first-order valence-corrected chi connectivity index (χ1v) is 7.38. The summed E-state index contributed by atoms with van der Waals surface area (Å²) in [5.41, 5.74) is 4.03. The monoisotopic (exact) mass is 249 g/mol. The Morgan fingerprint density at radius 3 is 2.72 bits per heavy atom. The molecule has 102 valence electrons. The van der Waals surface area contributed by atoms with E-state index in [2.05, 4.69) is 37.7 Å². The van der Waals surface area contributed by atoms with Crippen LogP contribution in [0.25, 0.3) is 0 Å². The lowest BCUT2D eigenvalue weighted by atomic mass is 10.1. The molecule has 1 saturated carbocycles. The smallest absolute Gasteiger partial charge is 0.0628 e. The zero-order chi connectivity index (χ0) is 13.1. The van der Waals surface area contributed by atoms with E-state index in [1.807, 2.05) is 0 Å².